The Bertz CT molecular complexity index is 2720. The summed E-state index contributed by atoms with van der Waals surface area (Å²) in [6.45, 7) is 14.0. The van der Waals surface area contributed by atoms with Crippen molar-refractivity contribution in [2.45, 2.75) is 52.4 Å². The molecule has 1 nitrogen and oxygen atoms in total. The minimum Gasteiger partial charge on any atom is -0.310 e. The Hall–Kier alpha value is -5.18. The third kappa shape index (κ3) is 4.81. The van der Waals surface area contributed by atoms with E-state index in [0.717, 1.165) is 11.4 Å². The molecule has 0 spiro atoms. The van der Waals surface area contributed by atoms with Crippen LogP contribution in [0.2, 0.25) is 0 Å². The maximum absolute atomic E-state index is 2.49. The molecule has 0 N–H and O–H groups in total. The van der Waals surface area contributed by atoms with Crippen molar-refractivity contribution in [2.75, 3.05) is 4.90 Å². The van der Waals surface area contributed by atoms with Gasteiger partial charge in [-0.2, -0.15) is 0 Å². The summed E-state index contributed by atoms with van der Waals surface area (Å²) in [6, 6.07) is 52.2. The second-order valence-corrected chi connectivity index (χ2v) is 16.9. The van der Waals surface area contributed by atoms with Gasteiger partial charge in [-0.05, 0) is 96.4 Å². The molecule has 9 rings (SSSR count). The van der Waals surface area contributed by atoms with Crippen molar-refractivity contribution < 1.29 is 0 Å². The van der Waals surface area contributed by atoms with Crippen LogP contribution in [0.3, 0.4) is 0 Å². The molecule has 0 aliphatic rings. The van der Waals surface area contributed by atoms with Crippen molar-refractivity contribution in [1.82, 2.24) is 0 Å². The molecule has 8 aromatic carbocycles. The zero-order chi connectivity index (χ0) is 34.4. The molecule has 1 aromatic heterocycles. The van der Waals surface area contributed by atoms with E-state index in [1.54, 1.807) is 0 Å². The van der Waals surface area contributed by atoms with Crippen LogP contribution < -0.4 is 4.90 Å². The van der Waals surface area contributed by atoms with Crippen LogP contribution in [0.25, 0.3) is 63.6 Å². The Morgan fingerprint density at radius 2 is 1.10 bits per heavy atom. The predicted molar refractivity (Wildman–Crippen MR) is 221 cm³/mol. The second kappa shape index (κ2) is 11.2. The van der Waals surface area contributed by atoms with Gasteiger partial charge in [-0.3, -0.25) is 0 Å². The van der Waals surface area contributed by atoms with Crippen LogP contribution in [0.15, 0.2) is 140 Å². The average molecular weight is 664 g/mol. The van der Waals surface area contributed by atoms with Crippen molar-refractivity contribution in [1.29, 1.82) is 0 Å². The molecule has 0 aliphatic carbocycles. The summed E-state index contributed by atoms with van der Waals surface area (Å²) in [5, 5.41) is 10.7. The van der Waals surface area contributed by atoms with Crippen molar-refractivity contribution in [3.8, 4) is 11.1 Å². The average Bonchev–Trinajstić information content (AvgIpc) is 3.49. The molecular weight excluding hydrogens is 623 g/mol. The molecule has 50 heavy (non-hydrogen) atoms. The van der Waals surface area contributed by atoms with Crippen LogP contribution in [0.1, 0.15) is 52.7 Å². The summed E-state index contributed by atoms with van der Waals surface area (Å²) >= 11 is 1.89. The number of anilines is 3. The van der Waals surface area contributed by atoms with Crippen LogP contribution in [0.4, 0.5) is 17.1 Å². The van der Waals surface area contributed by atoms with Crippen molar-refractivity contribution in [3.63, 3.8) is 0 Å². The maximum atomic E-state index is 2.49. The van der Waals surface area contributed by atoms with Crippen LogP contribution in [0.5, 0.6) is 0 Å². The third-order valence-electron chi connectivity index (χ3n) is 10.5. The molecule has 0 atom stereocenters. The van der Waals surface area contributed by atoms with Crippen molar-refractivity contribution in [2.24, 2.45) is 0 Å². The molecule has 0 unspecified atom stereocenters. The van der Waals surface area contributed by atoms with E-state index >= 15 is 0 Å². The molecule has 0 radical (unpaired) electrons. The van der Waals surface area contributed by atoms with Gasteiger partial charge in [-0.1, -0.05) is 145 Å². The van der Waals surface area contributed by atoms with Crippen LogP contribution >= 0.6 is 11.3 Å². The van der Waals surface area contributed by atoms with Crippen LogP contribution in [-0.4, -0.2) is 0 Å². The molecule has 2 heteroatoms. The number of para-hydroxylation sites is 1. The summed E-state index contributed by atoms with van der Waals surface area (Å²) < 4.78 is 2.67. The van der Waals surface area contributed by atoms with Gasteiger partial charge >= 0.3 is 0 Å². The summed E-state index contributed by atoms with van der Waals surface area (Å²) in [5.41, 5.74) is 8.74. The number of hydrogen-bond donors (Lipinski definition) is 0. The molecule has 0 amide bonds. The summed E-state index contributed by atoms with van der Waals surface area (Å²) in [6.07, 6.45) is 0. The fraction of sp³-hybridized carbons (Fsp3) is 0.167. The first-order valence-corrected chi connectivity index (χ1v) is 18.5. The van der Waals surface area contributed by atoms with Gasteiger partial charge < -0.3 is 4.90 Å². The topological polar surface area (TPSA) is 3.24 Å². The van der Waals surface area contributed by atoms with Gasteiger partial charge in [-0.15, -0.1) is 11.3 Å². The molecule has 1 heterocycles. The van der Waals surface area contributed by atoms with Gasteiger partial charge in [0.05, 0.1) is 5.69 Å². The first-order valence-electron chi connectivity index (χ1n) is 17.7. The van der Waals surface area contributed by atoms with E-state index in [1.807, 2.05) is 11.3 Å². The molecule has 0 saturated carbocycles. The molecule has 0 aliphatic heterocycles. The van der Waals surface area contributed by atoms with E-state index in [9.17, 15) is 0 Å². The first-order chi connectivity index (χ1) is 24.1. The Labute approximate surface area is 298 Å². The van der Waals surface area contributed by atoms with Gasteiger partial charge in [0.2, 0.25) is 0 Å². The number of thiophene rings is 1. The fourth-order valence-electron chi connectivity index (χ4n) is 8.13. The summed E-state index contributed by atoms with van der Waals surface area (Å²) in [7, 11) is 0. The lowest BCUT2D eigenvalue weighted by Gasteiger charge is -2.32. The zero-order valence-corrected chi connectivity index (χ0v) is 30.5. The molecule has 0 bridgehead atoms. The Balaban J connectivity index is 1.35. The van der Waals surface area contributed by atoms with E-state index < -0.39 is 0 Å². The summed E-state index contributed by atoms with van der Waals surface area (Å²) in [5.74, 6) is 0. The lowest BCUT2D eigenvalue weighted by molar-refractivity contribution is 0.595. The first kappa shape index (κ1) is 30.8. The monoisotopic (exact) mass is 663 g/mol. The largest absolute Gasteiger partial charge is 0.310 e. The maximum Gasteiger partial charge on any atom is 0.0543 e. The second-order valence-electron chi connectivity index (χ2n) is 15.8. The highest BCUT2D eigenvalue weighted by Gasteiger charge is 2.27. The summed E-state index contributed by atoms with van der Waals surface area (Å²) in [4.78, 5) is 2.49. The van der Waals surface area contributed by atoms with E-state index in [2.05, 4.69) is 186 Å². The van der Waals surface area contributed by atoms with Gasteiger partial charge in [-0.25, -0.2) is 0 Å². The van der Waals surface area contributed by atoms with E-state index in [4.69, 9.17) is 0 Å². The number of benzene rings is 8. The van der Waals surface area contributed by atoms with E-state index in [-0.39, 0.29) is 10.8 Å². The number of hydrogen-bond acceptors (Lipinski definition) is 2. The minimum absolute atomic E-state index is 0.0335. The smallest absolute Gasteiger partial charge is 0.0543 e. The zero-order valence-electron chi connectivity index (χ0n) is 29.6. The van der Waals surface area contributed by atoms with Crippen LogP contribution in [0, 0.1) is 0 Å². The lowest BCUT2D eigenvalue weighted by atomic mass is 9.78. The normalized spacial score (nSPS) is 12.6. The van der Waals surface area contributed by atoms with Crippen LogP contribution in [-0.2, 0) is 10.8 Å². The van der Waals surface area contributed by atoms with Gasteiger partial charge in [0.1, 0.15) is 0 Å². The molecule has 244 valence electrons. The predicted octanol–water partition coefficient (Wildman–Crippen LogP) is 14.7. The van der Waals surface area contributed by atoms with Crippen molar-refractivity contribution >= 4 is 80.9 Å². The highest BCUT2D eigenvalue weighted by Crippen LogP contribution is 2.49. The van der Waals surface area contributed by atoms with Gasteiger partial charge in [0, 0.05) is 36.9 Å². The molecular formula is C48H41NS. The Morgan fingerprint density at radius 3 is 1.90 bits per heavy atom. The highest BCUT2D eigenvalue weighted by atomic mass is 32.1. The third-order valence-corrected chi connectivity index (χ3v) is 11.7. The quantitative estimate of drug-likeness (QED) is 0.169. The van der Waals surface area contributed by atoms with Gasteiger partial charge in [0.25, 0.3) is 0 Å². The number of rotatable bonds is 4. The minimum atomic E-state index is -0.0645. The lowest BCUT2D eigenvalue weighted by Crippen LogP contribution is -2.16. The molecule has 0 saturated heterocycles. The van der Waals surface area contributed by atoms with E-state index in [1.165, 1.54) is 80.4 Å². The highest BCUT2D eigenvalue weighted by molar-refractivity contribution is 7.26. The Kier molecular flexibility index (Phi) is 6.89. The Morgan fingerprint density at radius 1 is 0.460 bits per heavy atom. The number of nitrogens with zero attached hydrogens (tertiary/aromatic N) is 1. The fourth-order valence-corrected chi connectivity index (χ4v) is 9.37. The van der Waals surface area contributed by atoms with Gasteiger partial charge in [0.15, 0.2) is 0 Å². The SMILES string of the molecule is CC(C)(C)c1ccc2ccc3c(C(C)(C)C)cc(N(c4ccccc4)c4cccc(-c5cccc6c5sc5ccccc56)c4)c4ccc1c2c43. The molecule has 0 fully saturated rings. The van der Waals surface area contributed by atoms with Crippen molar-refractivity contribution in [3.05, 3.63) is 151 Å². The van der Waals surface area contributed by atoms with E-state index in [0.29, 0.717) is 0 Å². The number of fused-ring (bicyclic) bond motifs is 3. The molecule has 9 aromatic rings. The standard InChI is InChI=1S/C48H41NS/c1-47(2,3)40-27-23-30-22-24-38-41(48(4,5)6)29-42(39-26-25-37(40)44(30)45(38)39)49(32-15-8-7-9-16-32)33-17-12-14-31(28-33)34-19-13-20-36-35-18-10-11-21-43(35)50-46(34)36/h7-29H,1-6H3.